The molecule has 9 heteroatoms. The number of halogens is 1. The number of carbonyl (C=O) groups is 1. The highest BCUT2D eigenvalue weighted by Gasteiger charge is 2.43. The standard InChI is InChI=1S/C26H25ClN6OS/c1-35-23-5-2-4-21(29-23)25(34)33-19-10-11-20(33)15-31(14-19)16-22-24(17-6-8-18(27)9-7-17)30-26-28-12-3-13-32(22)26/h2-9,12-13,19-20H,10-11,14-16H2,1H3. The van der Waals surface area contributed by atoms with E-state index in [0.29, 0.717) is 16.5 Å². The van der Waals surface area contributed by atoms with Crippen molar-refractivity contribution in [3.63, 3.8) is 0 Å². The Labute approximate surface area is 213 Å². The van der Waals surface area contributed by atoms with E-state index in [1.54, 1.807) is 18.0 Å². The molecule has 0 N–H and O–H groups in total. The van der Waals surface area contributed by atoms with Gasteiger partial charge in [0.1, 0.15) is 5.69 Å². The summed E-state index contributed by atoms with van der Waals surface area (Å²) in [6, 6.07) is 15.8. The summed E-state index contributed by atoms with van der Waals surface area (Å²) < 4.78 is 2.07. The lowest BCUT2D eigenvalue weighted by molar-refractivity contribution is 0.0396. The molecule has 0 aliphatic carbocycles. The maximum Gasteiger partial charge on any atom is 0.273 e. The lowest BCUT2D eigenvalue weighted by atomic mass is 10.1. The number of likely N-dealkylation sites (tertiary alicyclic amines) is 1. The number of hydrogen-bond donors (Lipinski definition) is 0. The zero-order valence-corrected chi connectivity index (χ0v) is 20.9. The largest absolute Gasteiger partial charge is 0.329 e. The number of benzene rings is 1. The molecule has 7 nitrogen and oxygen atoms in total. The summed E-state index contributed by atoms with van der Waals surface area (Å²) >= 11 is 7.69. The maximum atomic E-state index is 13.4. The molecule has 2 fully saturated rings. The van der Waals surface area contributed by atoms with E-state index in [2.05, 4.69) is 24.2 Å². The highest BCUT2D eigenvalue weighted by molar-refractivity contribution is 7.98. The fraction of sp³-hybridized carbons (Fsp3) is 0.308. The number of hydrogen-bond acceptors (Lipinski definition) is 6. The second-order valence-corrected chi connectivity index (χ2v) is 10.3. The zero-order valence-electron chi connectivity index (χ0n) is 19.3. The molecule has 6 rings (SSSR count). The van der Waals surface area contributed by atoms with Gasteiger partial charge in [0.05, 0.1) is 16.4 Å². The number of carbonyl (C=O) groups excluding carboxylic acids is 1. The van der Waals surface area contributed by atoms with E-state index < -0.39 is 0 Å². The average Bonchev–Trinajstić information content (AvgIpc) is 3.38. The minimum Gasteiger partial charge on any atom is -0.329 e. The molecule has 0 radical (unpaired) electrons. The van der Waals surface area contributed by atoms with Gasteiger partial charge in [0.15, 0.2) is 0 Å². The highest BCUT2D eigenvalue weighted by atomic mass is 35.5. The van der Waals surface area contributed by atoms with Gasteiger partial charge in [0.25, 0.3) is 5.91 Å². The van der Waals surface area contributed by atoms with Crippen LogP contribution < -0.4 is 0 Å². The Kier molecular flexibility index (Phi) is 5.96. The molecule has 1 amide bonds. The van der Waals surface area contributed by atoms with E-state index in [4.69, 9.17) is 16.6 Å². The summed E-state index contributed by atoms with van der Waals surface area (Å²) in [5, 5.41) is 1.57. The van der Waals surface area contributed by atoms with Crippen LogP contribution in [0.1, 0.15) is 29.0 Å². The molecule has 0 saturated carbocycles. The van der Waals surface area contributed by atoms with Crippen LogP contribution in [0.5, 0.6) is 0 Å². The first-order valence-corrected chi connectivity index (χ1v) is 13.3. The molecule has 2 aliphatic heterocycles. The van der Waals surface area contributed by atoms with Gasteiger partial charge in [-0.3, -0.25) is 14.1 Å². The third-order valence-electron chi connectivity index (χ3n) is 6.94. The van der Waals surface area contributed by atoms with Crippen LogP contribution in [0.2, 0.25) is 5.02 Å². The van der Waals surface area contributed by atoms with Gasteiger partial charge in [-0.05, 0) is 49.4 Å². The van der Waals surface area contributed by atoms with E-state index in [9.17, 15) is 4.79 Å². The van der Waals surface area contributed by atoms with Gasteiger partial charge in [-0.15, -0.1) is 11.8 Å². The van der Waals surface area contributed by atoms with E-state index in [-0.39, 0.29) is 18.0 Å². The number of fused-ring (bicyclic) bond motifs is 3. The Morgan fingerprint density at radius 1 is 1.06 bits per heavy atom. The predicted molar refractivity (Wildman–Crippen MR) is 138 cm³/mol. The fourth-order valence-corrected chi connectivity index (χ4v) is 5.90. The van der Waals surface area contributed by atoms with E-state index in [1.165, 1.54) is 0 Å². The second-order valence-electron chi connectivity index (χ2n) is 9.06. The van der Waals surface area contributed by atoms with Gasteiger partial charge in [0.2, 0.25) is 5.78 Å². The van der Waals surface area contributed by atoms with Crippen LogP contribution in [0.3, 0.4) is 0 Å². The van der Waals surface area contributed by atoms with Crippen LogP contribution in [-0.4, -0.2) is 66.5 Å². The molecular formula is C26H25ClN6OS. The minimum atomic E-state index is 0.0499. The Bertz CT molecular complexity index is 1380. The Morgan fingerprint density at radius 2 is 1.83 bits per heavy atom. The number of nitrogens with zero attached hydrogens (tertiary/aromatic N) is 6. The summed E-state index contributed by atoms with van der Waals surface area (Å²) in [6.07, 6.45) is 7.81. The molecule has 0 spiro atoms. The van der Waals surface area contributed by atoms with Crippen molar-refractivity contribution in [3.8, 4) is 11.3 Å². The normalized spacial score (nSPS) is 20.0. The SMILES string of the molecule is CSc1cccc(C(=O)N2C3CCC2CN(Cc2c(-c4ccc(Cl)cc4)nc4ncccn24)C3)n1. The van der Waals surface area contributed by atoms with Crippen molar-refractivity contribution in [1.29, 1.82) is 0 Å². The van der Waals surface area contributed by atoms with Crippen molar-refractivity contribution < 1.29 is 4.79 Å². The first-order chi connectivity index (χ1) is 17.1. The summed E-state index contributed by atoms with van der Waals surface area (Å²) in [4.78, 5) is 31.8. The number of amides is 1. The predicted octanol–water partition coefficient (Wildman–Crippen LogP) is 4.66. The topological polar surface area (TPSA) is 66.6 Å². The molecule has 2 bridgehead atoms. The number of rotatable bonds is 5. The molecule has 2 atom stereocenters. The fourth-order valence-electron chi connectivity index (χ4n) is 5.37. The highest BCUT2D eigenvalue weighted by Crippen LogP contribution is 2.34. The average molecular weight is 505 g/mol. The number of thioether (sulfide) groups is 1. The quantitative estimate of drug-likeness (QED) is 0.368. The van der Waals surface area contributed by atoms with Crippen LogP contribution in [-0.2, 0) is 6.54 Å². The summed E-state index contributed by atoms with van der Waals surface area (Å²) in [6.45, 7) is 2.40. The molecule has 3 aromatic heterocycles. The molecular weight excluding hydrogens is 480 g/mol. The van der Waals surface area contributed by atoms with Crippen LogP contribution >= 0.6 is 23.4 Å². The van der Waals surface area contributed by atoms with Gasteiger partial charge in [0, 0.05) is 54.7 Å². The number of aromatic nitrogens is 4. The first-order valence-electron chi connectivity index (χ1n) is 11.7. The van der Waals surface area contributed by atoms with Gasteiger partial charge >= 0.3 is 0 Å². The van der Waals surface area contributed by atoms with Crippen molar-refractivity contribution in [1.82, 2.24) is 29.2 Å². The number of piperazine rings is 1. The van der Waals surface area contributed by atoms with Gasteiger partial charge in [-0.1, -0.05) is 29.8 Å². The number of pyridine rings is 1. The van der Waals surface area contributed by atoms with Crippen LogP contribution in [0.25, 0.3) is 17.0 Å². The minimum absolute atomic E-state index is 0.0499. The van der Waals surface area contributed by atoms with Gasteiger partial charge < -0.3 is 4.90 Å². The Hall–Kier alpha value is -2.94. The van der Waals surface area contributed by atoms with Crippen molar-refractivity contribution in [2.24, 2.45) is 0 Å². The van der Waals surface area contributed by atoms with E-state index in [0.717, 1.165) is 54.5 Å². The summed E-state index contributed by atoms with van der Waals surface area (Å²) in [7, 11) is 0. The summed E-state index contributed by atoms with van der Waals surface area (Å²) in [5.41, 5.74) is 3.58. The third kappa shape index (κ3) is 4.20. The molecule has 178 valence electrons. The van der Waals surface area contributed by atoms with Crippen LogP contribution in [0, 0.1) is 0 Å². The summed E-state index contributed by atoms with van der Waals surface area (Å²) in [5.74, 6) is 0.734. The zero-order chi connectivity index (χ0) is 23.9. The molecule has 2 aliphatic rings. The maximum absolute atomic E-state index is 13.4. The molecule has 4 aromatic rings. The number of imidazole rings is 1. The van der Waals surface area contributed by atoms with Crippen molar-refractivity contribution in [3.05, 3.63) is 77.3 Å². The van der Waals surface area contributed by atoms with E-state index >= 15 is 0 Å². The third-order valence-corrected chi connectivity index (χ3v) is 7.84. The first kappa shape index (κ1) is 22.5. The van der Waals surface area contributed by atoms with Crippen molar-refractivity contribution >= 4 is 35.0 Å². The Morgan fingerprint density at radius 3 is 2.57 bits per heavy atom. The lowest BCUT2D eigenvalue weighted by Crippen LogP contribution is -2.55. The van der Waals surface area contributed by atoms with Crippen molar-refractivity contribution in [2.75, 3.05) is 19.3 Å². The van der Waals surface area contributed by atoms with Crippen LogP contribution in [0.4, 0.5) is 0 Å². The smallest absolute Gasteiger partial charge is 0.273 e. The monoisotopic (exact) mass is 504 g/mol. The Balaban J connectivity index is 1.27. The lowest BCUT2D eigenvalue weighted by Gasteiger charge is -2.41. The van der Waals surface area contributed by atoms with Gasteiger partial charge in [-0.25, -0.2) is 15.0 Å². The molecule has 1 aromatic carbocycles. The molecule has 2 unspecified atom stereocenters. The van der Waals surface area contributed by atoms with E-state index in [1.807, 2.05) is 61.0 Å². The molecule has 2 saturated heterocycles. The van der Waals surface area contributed by atoms with Crippen molar-refractivity contribution in [2.45, 2.75) is 36.5 Å². The molecule has 5 heterocycles. The van der Waals surface area contributed by atoms with Gasteiger partial charge in [-0.2, -0.15) is 0 Å². The second kappa shape index (κ2) is 9.26. The molecule has 35 heavy (non-hydrogen) atoms. The van der Waals surface area contributed by atoms with Crippen LogP contribution in [0.15, 0.2) is 66.0 Å².